The van der Waals surface area contributed by atoms with Crippen LogP contribution >= 0.6 is 0 Å². The molecular weight excluding hydrogens is 188 g/mol. The van der Waals surface area contributed by atoms with Crippen molar-refractivity contribution in [1.29, 1.82) is 5.26 Å². The summed E-state index contributed by atoms with van der Waals surface area (Å²) in [5.41, 5.74) is 0.882. The van der Waals surface area contributed by atoms with Gasteiger partial charge in [0.05, 0.1) is 19.2 Å². The summed E-state index contributed by atoms with van der Waals surface area (Å²) < 4.78 is 5.47. The van der Waals surface area contributed by atoms with E-state index < -0.39 is 0 Å². The smallest absolute Gasteiger partial charge is 0.229 e. The Balaban J connectivity index is 2.90. The van der Waals surface area contributed by atoms with Crippen LogP contribution in [0.25, 0.3) is 4.85 Å². The van der Waals surface area contributed by atoms with Gasteiger partial charge in [-0.05, 0) is 24.1 Å². The highest BCUT2D eigenvalue weighted by Gasteiger charge is 2.05. The first-order chi connectivity index (χ1) is 7.17. The van der Waals surface area contributed by atoms with Crippen LogP contribution in [0.3, 0.4) is 0 Å². The number of hydrogen-bond acceptors (Lipinski definition) is 2. The molecule has 0 aliphatic rings. The van der Waals surface area contributed by atoms with Gasteiger partial charge in [-0.15, -0.1) is 0 Å². The van der Waals surface area contributed by atoms with Crippen molar-refractivity contribution >= 4 is 5.69 Å². The third kappa shape index (κ3) is 3.00. The fourth-order valence-corrected chi connectivity index (χ4v) is 1.05. The maximum atomic E-state index is 8.67. The molecule has 1 rings (SSSR count). The van der Waals surface area contributed by atoms with Crippen LogP contribution in [-0.2, 0) is 0 Å². The van der Waals surface area contributed by atoms with Crippen LogP contribution < -0.4 is 4.74 Å². The number of rotatable bonds is 3. The summed E-state index contributed by atoms with van der Waals surface area (Å²) in [5, 5.41) is 8.67. The molecule has 0 saturated heterocycles. The molecule has 0 aliphatic carbocycles. The Bertz CT molecular complexity index is 424. The molecule has 0 atom stereocenters. The van der Waals surface area contributed by atoms with E-state index in [-0.39, 0.29) is 0 Å². The van der Waals surface area contributed by atoms with Gasteiger partial charge in [-0.3, -0.25) is 0 Å². The zero-order chi connectivity index (χ0) is 11.3. The van der Waals surface area contributed by atoms with Crippen LogP contribution in [0.5, 0.6) is 5.75 Å². The molecule has 0 bridgehead atoms. The Labute approximate surface area is 89.7 Å². The summed E-state index contributed by atoms with van der Waals surface area (Å²) in [6.45, 7) is 11.6. The summed E-state index contributed by atoms with van der Waals surface area (Å²) in [7, 11) is 0. The van der Waals surface area contributed by atoms with Crippen molar-refractivity contribution in [3.63, 3.8) is 0 Å². The monoisotopic (exact) mass is 200 g/mol. The summed E-state index contributed by atoms with van der Waals surface area (Å²) >= 11 is 0. The van der Waals surface area contributed by atoms with Crippen molar-refractivity contribution < 1.29 is 4.74 Å². The maximum absolute atomic E-state index is 8.67. The molecule has 0 saturated carbocycles. The van der Waals surface area contributed by atoms with E-state index in [1.807, 2.05) is 19.9 Å². The molecule has 1 aromatic rings. The lowest BCUT2D eigenvalue weighted by molar-refractivity contribution is 0.272. The van der Waals surface area contributed by atoms with Gasteiger partial charge in [0.25, 0.3) is 0 Å². The second-order valence-corrected chi connectivity index (χ2v) is 3.61. The quantitative estimate of drug-likeness (QED) is 0.703. The number of benzene rings is 1. The van der Waals surface area contributed by atoms with Gasteiger partial charge in [-0.2, -0.15) is 5.26 Å². The van der Waals surface area contributed by atoms with Gasteiger partial charge in [0.15, 0.2) is 0 Å². The molecule has 3 heteroatoms. The van der Waals surface area contributed by atoms with Crippen LogP contribution in [-0.4, -0.2) is 6.61 Å². The predicted molar refractivity (Wildman–Crippen MR) is 57.8 cm³/mol. The van der Waals surface area contributed by atoms with Gasteiger partial charge in [-0.25, -0.2) is 4.85 Å². The molecule has 3 nitrogen and oxygen atoms in total. The molecule has 1 aromatic carbocycles. The normalized spacial score (nSPS) is 9.40. The van der Waals surface area contributed by atoms with E-state index in [2.05, 4.69) is 4.85 Å². The summed E-state index contributed by atoms with van der Waals surface area (Å²) in [6, 6.07) is 6.87. The van der Waals surface area contributed by atoms with E-state index in [1.54, 1.807) is 18.2 Å². The minimum atomic E-state index is 0.398. The molecular formula is C12H12N2O. The number of ether oxygens (including phenoxy) is 1. The molecule has 0 spiro atoms. The van der Waals surface area contributed by atoms with Crippen molar-refractivity contribution in [3.8, 4) is 11.8 Å². The third-order valence-corrected chi connectivity index (χ3v) is 1.78. The second-order valence-electron chi connectivity index (χ2n) is 3.61. The lowest BCUT2D eigenvalue weighted by atomic mass is 10.2. The number of nitriles is 1. The first-order valence-corrected chi connectivity index (χ1v) is 4.71. The van der Waals surface area contributed by atoms with Crippen LogP contribution in [0.1, 0.15) is 19.4 Å². The van der Waals surface area contributed by atoms with E-state index in [0.29, 0.717) is 29.5 Å². The second kappa shape index (κ2) is 5.02. The summed E-state index contributed by atoms with van der Waals surface area (Å²) in [6.07, 6.45) is 0. The van der Waals surface area contributed by atoms with Crippen molar-refractivity contribution in [2.24, 2.45) is 5.92 Å². The maximum Gasteiger partial charge on any atom is 0.229 e. The van der Waals surface area contributed by atoms with Gasteiger partial charge in [0.1, 0.15) is 5.75 Å². The Morgan fingerprint density at radius 3 is 2.80 bits per heavy atom. The topological polar surface area (TPSA) is 37.4 Å². The van der Waals surface area contributed by atoms with E-state index in [0.717, 1.165) is 0 Å². The van der Waals surface area contributed by atoms with Crippen molar-refractivity contribution in [3.05, 3.63) is 35.2 Å². The number of hydrogen-bond donors (Lipinski definition) is 0. The van der Waals surface area contributed by atoms with Crippen LogP contribution in [0, 0.1) is 23.8 Å². The van der Waals surface area contributed by atoms with Crippen molar-refractivity contribution in [1.82, 2.24) is 0 Å². The predicted octanol–water partition coefficient (Wildman–Crippen LogP) is 3.14. The van der Waals surface area contributed by atoms with Gasteiger partial charge < -0.3 is 4.74 Å². The van der Waals surface area contributed by atoms with E-state index in [9.17, 15) is 0 Å². The molecule has 0 amide bonds. The lowest BCUT2D eigenvalue weighted by Gasteiger charge is -2.10. The average molecular weight is 200 g/mol. The lowest BCUT2D eigenvalue weighted by Crippen LogP contribution is -2.04. The minimum Gasteiger partial charge on any atom is -0.504 e. The Morgan fingerprint density at radius 2 is 2.27 bits per heavy atom. The fourth-order valence-electron chi connectivity index (χ4n) is 1.05. The zero-order valence-electron chi connectivity index (χ0n) is 8.82. The molecule has 76 valence electrons. The zero-order valence-corrected chi connectivity index (χ0v) is 8.82. The van der Waals surface area contributed by atoms with Gasteiger partial charge in [0, 0.05) is 5.56 Å². The highest BCUT2D eigenvalue weighted by molar-refractivity contribution is 5.60. The highest BCUT2D eigenvalue weighted by Crippen LogP contribution is 2.28. The third-order valence-electron chi connectivity index (χ3n) is 1.78. The largest absolute Gasteiger partial charge is 0.504 e. The highest BCUT2D eigenvalue weighted by atomic mass is 16.5. The first-order valence-electron chi connectivity index (χ1n) is 4.71. The SMILES string of the molecule is [C-]#[N+]c1cc(C#N)ccc1OCC(C)C. The van der Waals surface area contributed by atoms with Crippen molar-refractivity contribution in [2.45, 2.75) is 13.8 Å². The number of nitrogens with zero attached hydrogens (tertiary/aromatic N) is 2. The summed E-state index contributed by atoms with van der Waals surface area (Å²) in [5.74, 6) is 0.969. The van der Waals surface area contributed by atoms with E-state index in [4.69, 9.17) is 16.6 Å². The standard InChI is InChI=1S/C12H12N2O/c1-9(2)8-15-12-5-4-10(7-13)6-11(12)14-3/h4-6,9H,8H2,1-2H3. The average Bonchev–Trinajstić information content (AvgIpc) is 2.25. The first kappa shape index (κ1) is 11.1. The molecule has 0 N–H and O–H groups in total. The summed E-state index contributed by atoms with van der Waals surface area (Å²) in [4.78, 5) is 3.33. The Kier molecular flexibility index (Phi) is 3.71. The van der Waals surface area contributed by atoms with Crippen LogP contribution in [0.4, 0.5) is 5.69 Å². The van der Waals surface area contributed by atoms with Crippen LogP contribution in [0.15, 0.2) is 18.2 Å². The minimum absolute atomic E-state index is 0.398. The fraction of sp³-hybridized carbons (Fsp3) is 0.333. The molecule has 0 aromatic heterocycles. The van der Waals surface area contributed by atoms with Crippen LogP contribution in [0.2, 0.25) is 0 Å². The van der Waals surface area contributed by atoms with E-state index >= 15 is 0 Å². The van der Waals surface area contributed by atoms with Gasteiger partial charge in [0.2, 0.25) is 5.69 Å². The van der Waals surface area contributed by atoms with Crippen molar-refractivity contribution in [2.75, 3.05) is 6.61 Å². The van der Waals surface area contributed by atoms with Gasteiger partial charge >= 0.3 is 0 Å². The Morgan fingerprint density at radius 1 is 1.53 bits per heavy atom. The van der Waals surface area contributed by atoms with E-state index in [1.165, 1.54) is 0 Å². The Hall–Kier alpha value is -2.00. The molecule has 0 fully saturated rings. The molecule has 0 aliphatic heterocycles. The molecule has 0 unspecified atom stereocenters. The molecule has 0 radical (unpaired) electrons. The molecule has 0 heterocycles. The molecule has 15 heavy (non-hydrogen) atoms. The van der Waals surface area contributed by atoms with Gasteiger partial charge in [-0.1, -0.05) is 13.8 Å².